The number of fused-ring (bicyclic) bond motifs is 1. The fourth-order valence-corrected chi connectivity index (χ4v) is 6.30. The number of nitrogens with zero attached hydrogens (tertiary/aromatic N) is 4. The van der Waals surface area contributed by atoms with E-state index in [1.54, 1.807) is 36.7 Å². The zero-order valence-electron chi connectivity index (χ0n) is 19.8. The van der Waals surface area contributed by atoms with E-state index < -0.39 is 9.84 Å². The molecular formula is C26H28N6O2S2. The van der Waals surface area contributed by atoms with Gasteiger partial charge in [-0.15, -0.1) is 0 Å². The number of hydrogen-bond donors (Lipinski definition) is 2. The van der Waals surface area contributed by atoms with E-state index in [1.807, 2.05) is 30.4 Å². The van der Waals surface area contributed by atoms with Gasteiger partial charge in [0, 0.05) is 23.6 Å². The van der Waals surface area contributed by atoms with Crippen LogP contribution in [0.25, 0.3) is 22.4 Å². The Bertz CT molecular complexity index is 1460. The Morgan fingerprint density at radius 3 is 2.47 bits per heavy atom. The number of rotatable bonds is 9. The van der Waals surface area contributed by atoms with E-state index in [0.29, 0.717) is 22.4 Å². The highest BCUT2D eigenvalue weighted by atomic mass is 32.2. The van der Waals surface area contributed by atoms with Gasteiger partial charge in [0.25, 0.3) is 0 Å². The summed E-state index contributed by atoms with van der Waals surface area (Å²) in [7, 11) is -3.29. The molecule has 0 spiro atoms. The maximum Gasteiger partial charge on any atom is 0.227 e. The van der Waals surface area contributed by atoms with Crippen molar-refractivity contribution in [3.63, 3.8) is 0 Å². The molecule has 3 heterocycles. The summed E-state index contributed by atoms with van der Waals surface area (Å²) < 4.78 is 26.4. The van der Waals surface area contributed by atoms with Gasteiger partial charge in [-0.1, -0.05) is 29.6 Å². The minimum Gasteiger partial charge on any atom is -0.375 e. The molecule has 1 fully saturated rings. The smallest absolute Gasteiger partial charge is 0.227 e. The van der Waals surface area contributed by atoms with Crippen LogP contribution in [0.4, 0.5) is 16.8 Å². The van der Waals surface area contributed by atoms with Crippen LogP contribution in [0.1, 0.15) is 30.4 Å². The normalized spacial score (nSPS) is 14.7. The van der Waals surface area contributed by atoms with Crippen LogP contribution in [0, 0.1) is 0 Å². The molecule has 36 heavy (non-hydrogen) atoms. The minimum absolute atomic E-state index is 0.167. The molecule has 0 atom stereocenters. The number of benzene rings is 2. The Morgan fingerprint density at radius 1 is 1.00 bits per heavy atom. The number of nitrogens with two attached hydrogens (primary N) is 1. The van der Waals surface area contributed by atoms with E-state index in [0.717, 1.165) is 46.7 Å². The fraction of sp³-hybridized carbons (Fsp3) is 0.269. The summed E-state index contributed by atoms with van der Waals surface area (Å²) in [6.45, 7) is 3.01. The highest BCUT2D eigenvalue weighted by molar-refractivity contribution is 7.91. The third-order valence-corrected chi connectivity index (χ3v) is 8.79. The van der Waals surface area contributed by atoms with Gasteiger partial charge in [0.15, 0.2) is 15.0 Å². The first kappa shape index (κ1) is 24.4. The average Bonchev–Trinajstić information content (AvgIpc) is 3.52. The van der Waals surface area contributed by atoms with Gasteiger partial charge < -0.3 is 16.0 Å². The Balaban J connectivity index is 1.16. The third-order valence-electron chi connectivity index (χ3n) is 6.12. The third kappa shape index (κ3) is 6.07. The molecule has 10 heteroatoms. The van der Waals surface area contributed by atoms with Gasteiger partial charge in [-0.2, -0.15) is 0 Å². The second kappa shape index (κ2) is 10.7. The van der Waals surface area contributed by atoms with Crippen molar-refractivity contribution in [3.8, 4) is 0 Å². The van der Waals surface area contributed by atoms with Crippen LogP contribution in [0.3, 0.4) is 0 Å². The lowest BCUT2D eigenvalue weighted by Crippen LogP contribution is -2.22. The second-order valence-corrected chi connectivity index (χ2v) is 12.0. The molecule has 0 radical (unpaired) electrons. The maximum absolute atomic E-state index is 12.7. The van der Waals surface area contributed by atoms with E-state index in [-0.39, 0.29) is 5.75 Å². The van der Waals surface area contributed by atoms with Crippen molar-refractivity contribution in [3.05, 3.63) is 66.0 Å². The number of likely N-dealkylation sites (tertiary alicyclic amines) is 1. The topological polar surface area (TPSA) is 114 Å². The summed E-state index contributed by atoms with van der Waals surface area (Å²) in [4.78, 5) is 15.7. The molecule has 0 saturated carbocycles. The van der Waals surface area contributed by atoms with E-state index in [4.69, 9.17) is 5.73 Å². The first-order valence-electron chi connectivity index (χ1n) is 11.9. The lowest BCUT2D eigenvalue weighted by Gasteiger charge is -2.14. The maximum atomic E-state index is 12.7. The molecule has 186 valence electrons. The number of thiazole rings is 1. The first-order chi connectivity index (χ1) is 17.4. The molecular weight excluding hydrogens is 492 g/mol. The summed E-state index contributed by atoms with van der Waals surface area (Å²) in [6.07, 6.45) is 10.5. The minimum atomic E-state index is -3.29. The van der Waals surface area contributed by atoms with Crippen molar-refractivity contribution in [1.29, 1.82) is 0 Å². The van der Waals surface area contributed by atoms with Crippen LogP contribution >= 0.6 is 11.3 Å². The highest BCUT2D eigenvalue weighted by Crippen LogP contribution is 2.25. The molecule has 0 aliphatic carbocycles. The van der Waals surface area contributed by atoms with Crippen LogP contribution in [0.5, 0.6) is 0 Å². The predicted octanol–water partition coefficient (Wildman–Crippen LogP) is 4.84. The second-order valence-electron chi connectivity index (χ2n) is 8.82. The molecule has 4 aromatic rings. The number of sulfone groups is 1. The van der Waals surface area contributed by atoms with Gasteiger partial charge in [-0.25, -0.2) is 23.4 Å². The van der Waals surface area contributed by atoms with E-state index in [2.05, 4.69) is 25.2 Å². The fourth-order valence-electron chi connectivity index (χ4n) is 4.22. The van der Waals surface area contributed by atoms with Crippen molar-refractivity contribution in [1.82, 2.24) is 19.9 Å². The van der Waals surface area contributed by atoms with Gasteiger partial charge in [-0.05, 0) is 80.9 Å². The van der Waals surface area contributed by atoms with E-state index in [9.17, 15) is 8.42 Å². The summed E-state index contributed by atoms with van der Waals surface area (Å²) in [5.74, 6) is 0.607. The summed E-state index contributed by atoms with van der Waals surface area (Å²) in [5, 5.41) is 3.68. The van der Waals surface area contributed by atoms with Crippen molar-refractivity contribution in [2.75, 3.05) is 36.4 Å². The number of nitrogens with one attached hydrogen (secondary N) is 1. The average molecular weight is 521 g/mol. The van der Waals surface area contributed by atoms with Gasteiger partial charge in [0.1, 0.15) is 0 Å². The quantitative estimate of drug-likeness (QED) is 0.322. The molecule has 0 amide bonds. The summed E-state index contributed by atoms with van der Waals surface area (Å²) in [6, 6.07) is 12.8. The summed E-state index contributed by atoms with van der Waals surface area (Å²) >= 11 is 1.47. The van der Waals surface area contributed by atoms with E-state index in [1.165, 1.54) is 24.2 Å². The Morgan fingerprint density at radius 2 is 1.72 bits per heavy atom. The number of nitrogen functional groups attached to an aromatic ring is 1. The molecule has 8 nitrogen and oxygen atoms in total. The standard InChI is InChI=1S/C26H28N6O2S2/c27-25-31-23-11-6-19(16-24(23)35-25)4-5-20-17-28-26(29-18-20)30-21-7-9-22(10-8-21)36(33,34)15-3-14-32-12-1-2-13-32/h4-11,16-18H,1-3,12-15H2,(H2,27,31)(H,28,29,30). The molecule has 1 aliphatic heterocycles. The largest absolute Gasteiger partial charge is 0.375 e. The van der Waals surface area contributed by atoms with Crippen LogP contribution in [0.2, 0.25) is 0 Å². The predicted molar refractivity (Wildman–Crippen MR) is 147 cm³/mol. The van der Waals surface area contributed by atoms with Crippen molar-refractivity contribution in [2.24, 2.45) is 0 Å². The molecule has 2 aromatic heterocycles. The molecule has 2 aromatic carbocycles. The van der Waals surface area contributed by atoms with Crippen LogP contribution in [-0.4, -0.2) is 53.7 Å². The SMILES string of the molecule is Nc1nc2ccc(C=Cc3cnc(Nc4ccc(S(=O)(=O)CCCN5CCCC5)cc4)nc3)cc2s1. The molecule has 0 bridgehead atoms. The van der Waals surface area contributed by atoms with Crippen molar-refractivity contribution in [2.45, 2.75) is 24.2 Å². The molecule has 1 aliphatic rings. The number of anilines is 3. The number of hydrogen-bond acceptors (Lipinski definition) is 9. The molecule has 0 unspecified atom stereocenters. The molecule has 3 N–H and O–H groups in total. The first-order valence-corrected chi connectivity index (χ1v) is 14.4. The highest BCUT2D eigenvalue weighted by Gasteiger charge is 2.16. The monoisotopic (exact) mass is 520 g/mol. The number of aromatic nitrogens is 3. The Hall–Kier alpha value is -3.34. The van der Waals surface area contributed by atoms with E-state index >= 15 is 0 Å². The summed E-state index contributed by atoms with van der Waals surface area (Å²) in [5.41, 5.74) is 9.31. The van der Waals surface area contributed by atoms with Crippen molar-refractivity contribution < 1.29 is 8.42 Å². The molecule has 1 saturated heterocycles. The van der Waals surface area contributed by atoms with Gasteiger partial charge in [0.05, 0.1) is 20.9 Å². The zero-order chi connectivity index (χ0) is 25.0. The van der Waals surface area contributed by atoms with Gasteiger partial charge in [0.2, 0.25) is 5.95 Å². The Labute approximate surface area is 214 Å². The Kier molecular flexibility index (Phi) is 7.26. The van der Waals surface area contributed by atoms with Gasteiger partial charge in [-0.3, -0.25) is 0 Å². The zero-order valence-corrected chi connectivity index (χ0v) is 21.4. The lowest BCUT2D eigenvalue weighted by atomic mass is 10.2. The van der Waals surface area contributed by atoms with Crippen LogP contribution in [-0.2, 0) is 9.84 Å². The van der Waals surface area contributed by atoms with Crippen molar-refractivity contribution >= 4 is 60.3 Å². The van der Waals surface area contributed by atoms with Crippen LogP contribution < -0.4 is 11.1 Å². The van der Waals surface area contributed by atoms with Gasteiger partial charge >= 0.3 is 0 Å². The molecule has 5 rings (SSSR count). The lowest BCUT2D eigenvalue weighted by molar-refractivity contribution is 0.340. The van der Waals surface area contributed by atoms with Crippen LogP contribution in [0.15, 0.2) is 59.8 Å².